The number of anilines is 1. The van der Waals surface area contributed by atoms with Gasteiger partial charge >= 0.3 is 0 Å². The number of amides is 1. The molecule has 21 heavy (non-hydrogen) atoms. The van der Waals surface area contributed by atoms with Gasteiger partial charge < -0.3 is 15.8 Å². The molecule has 0 saturated carbocycles. The number of nitrogens with one attached hydrogen (secondary N) is 1. The Kier molecular flexibility index (Phi) is 4.80. The smallest absolute Gasteiger partial charge is 0.248 e. The van der Waals surface area contributed by atoms with Crippen molar-refractivity contribution in [1.82, 2.24) is 0 Å². The Morgan fingerprint density at radius 2 is 2.10 bits per heavy atom. The Morgan fingerprint density at radius 1 is 1.33 bits per heavy atom. The predicted molar refractivity (Wildman–Crippen MR) is 82.9 cm³/mol. The Labute approximate surface area is 130 Å². The average molecular weight is 353 g/mol. The molecule has 2 aromatic carbocycles. The first-order valence-electron chi connectivity index (χ1n) is 6.16. The lowest BCUT2D eigenvalue weighted by Gasteiger charge is -2.10. The summed E-state index contributed by atoms with van der Waals surface area (Å²) >= 11 is 3.37. The minimum atomic E-state index is -0.583. The van der Waals surface area contributed by atoms with Crippen LogP contribution in [0.4, 0.5) is 10.1 Å². The summed E-state index contributed by atoms with van der Waals surface area (Å²) in [5, 5.41) is 3.08. The summed E-state index contributed by atoms with van der Waals surface area (Å²) in [4.78, 5) is 11.1. The molecular formula is C15H14BrFN2O2. The zero-order valence-corrected chi connectivity index (χ0v) is 12.9. The molecule has 0 aliphatic carbocycles. The fourth-order valence-electron chi connectivity index (χ4n) is 1.84. The molecule has 0 radical (unpaired) electrons. The van der Waals surface area contributed by atoms with Crippen molar-refractivity contribution in [3.05, 3.63) is 57.8 Å². The maximum absolute atomic E-state index is 13.7. The zero-order chi connectivity index (χ0) is 15.4. The van der Waals surface area contributed by atoms with Gasteiger partial charge in [-0.15, -0.1) is 0 Å². The van der Waals surface area contributed by atoms with Gasteiger partial charge in [-0.25, -0.2) is 4.39 Å². The molecule has 0 bridgehead atoms. The first-order chi connectivity index (χ1) is 9.99. The molecule has 0 fully saturated rings. The minimum Gasteiger partial charge on any atom is -0.497 e. The van der Waals surface area contributed by atoms with Crippen molar-refractivity contribution >= 4 is 27.5 Å². The Bertz CT molecular complexity index is 677. The second-order valence-corrected chi connectivity index (χ2v) is 5.32. The summed E-state index contributed by atoms with van der Waals surface area (Å²) < 4.78 is 19.7. The monoisotopic (exact) mass is 352 g/mol. The van der Waals surface area contributed by atoms with Gasteiger partial charge in [0.15, 0.2) is 0 Å². The van der Waals surface area contributed by atoms with Crippen molar-refractivity contribution in [2.45, 2.75) is 6.54 Å². The Morgan fingerprint density at radius 3 is 2.76 bits per heavy atom. The van der Waals surface area contributed by atoms with Crippen molar-refractivity contribution in [3.63, 3.8) is 0 Å². The van der Waals surface area contributed by atoms with E-state index in [1.165, 1.54) is 18.2 Å². The second kappa shape index (κ2) is 6.58. The molecule has 0 saturated heterocycles. The number of carbonyl (C=O) groups excluding carboxylic acids is 1. The van der Waals surface area contributed by atoms with Crippen LogP contribution in [-0.4, -0.2) is 13.0 Å². The first-order valence-corrected chi connectivity index (χ1v) is 6.95. The summed E-state index contributed by atoms with van der Waals surface area (Å²) in [6, 6.07) is 9.50. The van der Waals surface area contributed by atoms with Crippen LogP contribution in [0.25, 0.3) is 0 Å². The van der Waals surface area contributed by atoms with E-state index in [0.29, 0.717) is 11.3 Å². The van der Waals surface area contributed by atoms with E-state index in [0.717, 1.165) is 10.2 Å². The topological polar surface area (TPSA) is 64.3 Å². The molecule has 0 unspecified atom stereocenters. The molecule has 6 heteroatoms. The second-order valence-electron chi connectivity index (χ2n) is 4.40. The minimum absolute atomic E-state index is 0.229. The lowest BCUT2D eigenvalue weighted by Crippen LogP contribution is -2.12. The van der Waals surface area contributed by atoms with Crippen molar-refractivity contribution in [2.24, 2.45) is 5.73 Å². The van der Waals surface area contributed by atoms with Gasteiger partial charge in [-0.2, -0.15) is 0 Å². The molecule has 2 aromatic rings. The van der Waals surface area contributed by atoms with Crippen molar-refractivity contribution in [3.8, 4) is 5.75 Å². The molecule has 0 heterocycles. The Hall–Kier alpha value is -2.08. The molecule has 0 aliphatic rings. The zero-order valence-electron chi connectivity index (χ0n) is 11.3. The van der Waals surface area contributed by atoms with E-state index in [-0.39, 0.29) is 12.1 Å². The molecule has 0 aromatic heterocycles. The number of nitrogens with two attached hydrogens (primary N) is 1. The number of rotatable bonds is 5. The summed E-state index contributed by atoms with van der Waals surface area (Å²) in [6.45, 7) is 0.229. The molecule has 0 spiro atoms. The van der Waals surface area contributed by atoms with E-state index in [4.69, 9.17) is 10.5 Å². The number of benzene rings is 2. The van der Waals surface area contributed by atoms with Gasteiger partial charge in [-0.3, -0.25) is 4.79 Å². The third-order valence-electron chi connectivity index (χ3n) is 2.92. The fourth-order valence-corrected chi connectivity index (χ4v) is 2.32. The van der Waals surface area contributed by atoms with Crippen LogP contribution in [-0.2, 0) is 6.54 Å². The highest BCUT2D eigenvalue weighted by Gasteiger charge is 2.07. The lowest BCUT2D eigenvalue weighted by atomic mass is 10.1. The van der Waals surface area contributed by atoms with Gasteiger partial charge in [0.25, 0.3) is 0 Å². The number of halogens is 2. The summed E-state index contributed by atoms with van der Waals surface area (Å²) in [7, 11) is 1.57. The van der Waals surface area contributed by atoms with Crippen molar-refractivity contribution in [2.75, 3.05) is 12.4 Å². The normalized spacial score (nSPS) is 10.2. The number of hydrogen-bond donors (Lipinski definition) is 2. The van der Waals surface area contributed by atoms with Crippen LogP contribution in [0.2, 0.25) is 0 Å². The summed E-state index contributed by atoms with van der Waals surface area (Å²) in [6.07, 6.45) is 0. The molecule has 0 atom stereocenters. The standard InChI is InChI=1S/C15H14BrFN2O2/c1-21-13-6-11(16)5-12(7-13)19-8-10-4-9(15(18)20)2-3-14(10)17/h2-7,19H,8H2,1H3,(H2,18,20). The SMILES string of the molecule is COc1cc(Br)cc(NCc2cc(C(N)=O)ccc2F)c1. The predicted octanol–water partition coefficient (Wildman–Crippen LogP) is 3.31. The van der Waals surface area contributed by atoms with E-state index >= 15 is 0 Å². The molecule has 110 valence electrons. The first kappa shape index (κ1) is 15.3. The maximum atomic E-state index is 13.7. The molecule has 1 amide bonds. The third kappa shape index (κ3) is 3.95. The van der Waals surface area contributed by atoms with E-state index in [9.17, 15) is 9.18 Å². The van der Waals surface area contributed by atoms with Crippen LogP contribution in [0.15, 0.2) is 40.9 Å². The number of primary amides is 1. The maximum Gasteiger partial charge on any atom is 0.248 e. The van der Waals surface area contributed by atoms with Crippen LogP contribution in [0.5, 0.6) is 5.75 Å². The molecule has 0 aliphatic heterocycles. The molecule has 2 rings (SSSR count). The van der Waals surface area contributed by atoms with Gasteiger partial charge in [-0.05, 0) is 30.3 Å². The highest BCUT2D eigenvalue weighted by molar-refractivity contribution is 9.10. The number of ether oxygens (including phenoxy) is 1. The Balaban J connectivity index is 2.18. The third-order valence-corrected chi connectivity index (χ3v) is 3.38. The van der Waals surface area contributed by atoms with Crippen LogP contribution >= 0.6 is 15.9 Å². The van der Waals surface area contributed by atoms with Crippen LogP contribution in [0, 0.1) is 5.82 Å². The van der Waals surface area contributed by atoms with E-state index in [1.54, 1.807) is 13.2 Å². The van der Waals surface area contributed by atoms with Gasteiger partial charge in [0.1, 0.15) is 11.6 Å². The highest BCUT2D eigenvalue weighted by Crippen LogP contribution is 2.25. The average Bonchev–Trinajstić information content (AvgIpc) is 2.45. The van der Waals surface area contributed by atoms with Crippen LogP contribution in [0.3, 0.4) is 0 Å². The van der Waals surface area contributed by atoms with Gasteiger partial charge in [0.05, 0.1) is 7.11 Å². The summed E-state index contributed by atoms with van der Waals surface area (Å²) in [5.74, 6) is -0.298. The quantitative estimate of drug-likeness (QED) is 0.867. The molecule has 3 N–H and O–H groups in total. The van der Waals surface area contributed by atoms with E-state index < -0.39 is 11.7 Å². The van der Waals surface area contributed by atoms with Crippen molar-refractivity contribution < 1.29 is 13.9 Å². The molecule has 4 nitrogen and oxygen atoms in total. The van der Waals surface area contributed by atoms with Crippen LogP contribution < -0.4 is 15.8 Å². The lowest BCUT2D eigenvalue weighted by molar-refractivity contribution is 0.1000. The van der Waals surface area contributed by atoms with E-state index in [2.05, 4.69) is 21.2 Å². The number of methoxy groups -OCH3 is 1. The van der Waals surface area contributed by atoms with Crippen LogP contribution in [0.1, 0.15) is 15.9 Å². The highest BCUT2D eigenvalue weighted by atomic mass is 79.9. The van der Waals surface area contributed by atoms with Gasteiger partial charge in [0, 0.05) is 33.9 Å². The molecular weight excluding hydrogens is 339 g/mol. The van der Waals surface area contributed by atoms with Gasteiger partial charge in [0.2, 0.25) is 5.91 Å². The number of hydrogen-bond acceptors (Lipinski definition) is 3. The van der Waals surface area contributed by atoms with Gasteiger partial charge in [-0.1, -0.05) is 15.9 Å². The largest absolute Gasteiger partial charge is 0.497 e. The van der Waals surface area contributed by atoms with E-state index in [1.807, 2.05) is 12.1 Å². The number of carbonyl (C=O) groups is 1. The summed E-state index contributed by atoms with van der Waals surface area (Å²) in [5.41, 5.74) is 6.61. The van der Waals surface area contributed by atoms with Crippen molar-refractivity contribution in [1.29, 1.82) is 0 Å². The fraction of sp³-hybridized carbons (Fsp3) is 0.133.